The van der Waals surface area contributed by atoms with Crippen molar-refractivity contribution in [2.24, 2.45) is 0 Å². The third-order valence-corrected chi connectivity index (χ3v) is 3.81. The number of aromatic nitrogens is 1. The molecule has 0 unspecified atom stereocenters. The summed E-state index contributed by atoms with van der Waals surface area (Å²) in [4.78, 5) is 27.4. The van der Waals surface area contributed by atoms with Crippen LogP contribution in [0.4, 0.5) is 0 Å². The molecule has 0 aliphatic rings. The summed E-state index contributed by atoms with van der Waals surface area (Å²) in [5.41, 5.74) is 2.89. The van der Waals surface area contributed by atoms with Gasteiger partial charge in [-0.3, -0.25) is 9.78 Å². The molecule has 0 atom stereocenters. The summed E-state index contributed by atoms with van der Waals surface area (Å²) < 4.78 is 10.5. The normalized spacial score (nSPS) is 10.1. The highest BCUT2D eigenvalue weighted by Gasteiger charge is 2.08. The minimum atomic E-state index is -0.478. The largest absolute Gasteiger partial charge is 0.482 e. The molecule has 2 rings (SSSR count). The van der Waals surface area contributed by atoms with E-state index in [4.69, 9.17) is 9.47 Å². The Bertz CT molecular complexity index is 751. The zero-order valence-electron chi connectivity index (χ0n) is 15.7. The maximum Gasteiger partial charge on any atom is 0.344 e. The minimum absolute atomic E-state index is 0. The predicted molar refractivity (Wildman–Crippen MR) is 106 cm³/mol. The zero-order chi connectivity index (χ0) is 18.9. The number of nitrogens with one attached hydrogen (secondary N) is 1. The maximum absolute atomic E-state index is 11.8. The van der Waals surface area contributed by atoms with Crippen LogP contribution in [0.1, 0.15) is 41.3 Å². The number of benzene rings is 1. The van der Waals surface area contributed by atoms with Gasteiger partial charge in [0.05, 0.1) is 6.54 Å². The summed E-state index contributed by atoms with van der Waals surface area (Å²) >= 11 is 0. The van der Waals surface area contributed by atoms with Crippen molar-refractivity contribution in [1.82, 2.24) is 10.3 Å². The molecule has 0 saturated heterocycles. The van der Waals surface area contributed by atoms with Crippen LogP contribution in [-0.4, -0.2) is 36.6 Å². The molecule has 0 spiro atoms. The van der Waals surface area contributed by atoms with Gasteiger partial charge >= 0.3 is 5.97 Å². The van der Waals surface area contributed by atoms with Gasteiger partial charge in [-0.2, -0.15) is 0 Å². The van der Waals surface area contributed by atoms with Crippen molar-refractivity contribution in [2.75, 3.05) is 19.8 Å². The molecule has 1 heterocycles. The van der Waals surface area contributed by atoms with Crippen LogP contribution in [-0.2, 0) is 9.53 Å². The highest BCUT2D eigenvalue weighted by atomic mass is 35.5. The van der Waals surface area contributed by atoms with Crippen molar-refractivity contribution in [3.63, 3.8) is 0 Å². The second-order valence-electron chi connectivity index (χ2n) is 6.17. The first-order chi connectivity index (χ1) is 12.5. The maximum atomic E-state index is 11.8. The van der Waals surface area contributed by atoms with Gasteiger partial charge in [-0.1, -0.05) is 19.9 Å². The first kappa shape index (κ1) is 22.4. The summed E-state index contributed by atoms with van der Waals surface area (Å²) in [6.07, 6.45) is 3.09. The van der Waals surface area contributed by atoms with Gasteiger partial charge in [-0.25, -0.2) is 4.79 Å². The number of nitrogens with zero attached hydrogens (tertiary/aromatic N) is 1. The number of aryl methyl sites for hydroxylation is 1. The van der Waals surface area contributed by atoms with Gasteiger partial charge in [0.2, 0.25) is 0 Å². The van der Waals surface area contributed by atoms with Crippen LogP contribution >= 0.6 is 12.4 Å². The summed E-state index contributed by atoms with van der Waals surface area (Å²) in [6.45, 7) is 6.44. The second kappa shape index (κ2) is 11.2. The van der Waals surface area contributed by atoms with E-state index in [1.54, 1.807) is 24.5 Å². The van der Waals surface area contributed by atoms with Gasteiger partial charge in [-0.15, -0.1) is 12.4 Å². The van der Waals surface area contributed by atoms with Gasteiger partial charge in [0.15, 0.2) is 6.61 Å². The van der Waals surface area contributed by atoms with E-state index in [9.17, 15) is 9.59 Å². The Morgan fingerprint density at radius 3 is 2.48 bits per heavy atom. The van der Waals surface area contributed by atoms with Gasteiger partial charge in [0, 0.05) is 18.0 Å². The number of halogens is 1. The van der Waals surface area contributed by atoms with E-state index in [1.165, 1.54) is 5.56 Å². The molecule has 146 valence electrons. The Kier molecular flexibility index (Phi) is 9.30. The molecule has 0 radical (unpaired) electrons. The van der Waals surface area contributed by atoms with Gasteiger partial charge in [0.25, 0.3) is 5.91 Å². The molecule has 1 amide bonds. The monoisotopic (exact) mass is 392 g/mol. The fourth-order valence-corrected chi connectivity index (χ4v) is 2.50. The average molecular weight is 393 g/mol. The molecule has 0 aliphatic heterocycles. The molecular formula is C20H25ClN2O4. The van der Waals surface area contributed by atoms with E-state index in [-0.39, 0.29) is 38.1 Å². The van der Waals surface area contributed by atoms with Crippen LogP contribution in [0.3, 0.4) is 0 Å². The Hall–Kier alpha value is -2.60. The smallest absolute Gasteiger partial charge is 0.344 e. The molecule has 0 saturated carbocycles. The van der Waals surface area contributed by atoms with E-state index >= 15 is 0 Å². The van der Waals surface area contributed by atoms with E-state index in [0.29, 0.717) is 17.2 Å². The van der Waals surface area contributed by atoms with Crippen LogP contribution in [0.15, 0.2) is 42.7 Å². The van der Waals surface area contributed by atoms with Crippen LogP contribution in [0.25, 0.3) is 0 Å². The lowest BCUT2D eigenvalue weighted by molar-refractivity contribution is -0.145. The number of hydrogen-bond acceptors (Lipinski definition) is 5. The molecule has 6 nitrogen and oxygen atoms in total. The Balaban J connectivity index is 0.00000364. The lowest BCUT2D eigenvalue weighted by Gasteiger charge is -2.12. The molecule has 1 N–H and O–H groups in total. The third kappa shape index (κ3) is 7.27. The number of hydrogen-bond donors (Lipinski definition) is 1. The van der Waals surface area contributed by atoms with Gasteiger partial charge in [-0.05, 0) is 48.2 Å². The van der Waals surface area contributed by atoms with Crippen molar-refractivity contribution in [3.05, 3.63) is 59.4 Å². The zero-order valence-corrected chi connectivity index (χ0v) is 16.5. The molecule has 0 fully saturated rings. The second-order valence-corrected chi connectivity index (χ2v) is 6.17. The van der Waals surface area contributed by atoms with Gasteiger partial charge in [0.1, 0.15) is 12.4 Å². The molecule has 0 bridgehead atoms. The number of esters is 1. The van der Waals surface area contributed by atoms with Crippen LogP contribution in [0, 0.1) is 6.92 Å². The fourth-order valence-electron chi connectivity index (χ4n) is 2.50. The van der Waals surface area contributed by atoms with E-state index in [0.717, 1.165) is 5.56 Å². The van der Waals surface area contributed by atoms with E-state index in [1.807, 2.05) is 25.1 Å². The van der Waals surface area contributed by atoms with Crippen molar-refractivity contribution >= 4 is 24.3 Å². The average Bonchev–Trinajstić information content (AvgIpc) is 2.63. The molecule has 7 heteroatoms. The number of pyridine rings is 1. The lowest BCUT2D eigenvalue weighted by atomic mass is 9.98. The molecule has 27 heavy (non-hydrogen) atoms. The Morgan fingerprint density at radius 1 is 1.15 bits per heavy atom. The number of carbonyl (C=O) groups is 2. The Labute approximate surface area is 165 Å². The Morgan fingerprint density at radius 2 is 1.85 bits per heavy atom. The quantitative estimate of drug-likeness (QED) is 0.551. The fraction of sp³-hybridized carbons (Fsp3) is 0.350. The summed E-state index contributed by atoms with van der Waals surface area (Å²) in [5.74, 6) is 0.361. The van der Waals surface area contributed by atoms with Crippen LogP contribution in [0.5, 0.6) is 5.75 Å². The number of amides is 1. The SMILES string of the molecule is Cc1cc(OCC(=O)OCCNC(=O)c2ccncc2)ccc1C(C)C.Cl. The highest BCUT2D eigenvalue weighted by Crippen LogP contribution is 2.23. The standard InChI is InChI=1S/C20H24N2O4.ClH/c1-14(2)18-5-4-17(12-15(18)3)26-13-19(23)25-11-10-22-20(24)16-6-8-21-9-7-16;/h4-9,12,14H,10-11,13H2,1-3H3,(H,22,24);1H. The topological polar surface area (TPSA) is 77.5 Å². The first-order valence-electron chi connectivity index (χ1n) is 8.54. The number of carbonyl (C=O) groups excluding carboxylic acids is 2. The van der Waals surface area contributed by atoms with Crippen molar-refractivity contribution in [2.45, 2.75) is 26.7 Å². The summed E-state index contributed by atoms with van der Waals surface area (Å²) in [5, 5.41) is 2.67. The molecule has 1 aromatic heterocycles. The van der Waals surface area contributed by atoms with E-state index < -0.39 is 5.97 Å². The van der Waals surface area contributed by atoms with Crippen molar-refractivity contribution in [1.29, 1.82) is 0 Å². The van der Waals surface area contributed by atoms with Crippen LogP contribution < -0.4 is 10.1 Å². The molecular weight excluding hydrogens is 368 g/mol. The summed E-state index contributed by atoms with van der Waals surface area (Å²) in [6, 6.07) is 9.00. The third-order valence-electron chi connectivity index (χ3n) is 3.81. The molecule has 2 aromatic rings. The van der Waals surface area contributed by atoms with Crippen molar-refractivity contribution < 1.29 is 19.1 Å². The lowest BCUT2D eigenvalue weighted by Crippen LogP contribution is -2.28. The number of rotatable bonds is 8. The highest BCUT2D eigenvalue weighted by molar-refractivity contribution is 5.93. The first-order valence-corrected chi connectivity index (χ1v) is 8.54. The predicted octanol–water partition coefficient (Wildman–Crippen LogP) is 3.29. The van der Waals surface area contributed by atoms with Crippen LogP contribution in [0.2, 0.25) is 0 Å². The van der Waals surface area contributed by atoms with Crippen molar-refractivity contribution in [3.8, 4) is 5.75 Å². The number of ether oxygens (including phenoxy) is 2. The minimum Gasteiger partial charge on any atom is -0.482 e. The van der Waals surface area contributed by atoms with E-state index in [2.05, 4.69) is 24.1 Å². The molecule has 0 aliphatic carbocycles. The summed E-state index contributed by atoms with van der Waals surface area (Å²) in [7, 11) is 0. The molecule has 1 aromatic carbocycles. The van der Waals surface area contributed by atoms with Gasteiger partial charge < -0.3 is 14.8 Å².